The Kier molecular flexibility index (Phi) is 5.23. The molecule has 100 valence electrons. The molecule has 0 spiro atoms. The van der Waals surface area contributed by atoms with Crippen LogP contribution in [0.1, 0.15) is 31.9 Å². The highest BCUT2D eigenvalue weighted by atomic mass is 32.1. The second-order valence-electron chi connectivity index (χ2n) is 5.04. The lowest BCUT2D eigenvalue weighted by molar-refractivity contribution is 0.198. The minimum absolute atomic E-state index is 0.105. The van der Waals surface area contributed by atoms with Gasteiger partial charge < -0.3 is 5.73 Å². The summed E-state index contributed by atoms with van der Waals surface area (Å²) in [6.45, 7) is 7.01. The lowest BCUT2D eigenvalue weighted by atomic mass is 10.0. The summed E-state index contributed by atoms with van der Waals surface area (Å²) in [5.41, 5.74) is 6.46. The number of thiocarbonyl (C=S) groups is 1. The molecule has 0 saturated heterocycles. The van der Waals surface area contributed by atoms with Gasteiger partial charge in [0.15, 0.2) is 0 Å². The quantitative estimate of drug-likeness (QED) is 0.833. The second kappa shape index (κ2) is 6.25. The summed E-state index contributed by atoms with van der Waals surface area (Å²) in [7, 11) is 2.00. The van der Waals surface area contributed by atoms with Crippen LogP contribution < -0.4 is 5.73 Å². The van der Waals surface area contributed by atoms with Crippen LogP contribution in [0.4, 0.5) is 4.39 Å². The van der Waals surface area contributed by atoms with E-state index < -0.39 is 0 Å². The number of nitrogens with zero attached hydrogens (tertiary/aromatic N) is 1. The van der Waals surface area contributed by atoms with E-state index in [1.165, 1.54) is 0 Å². The fourth-order valence-electron chi connectivity index (χ4n) is 1.81. The number of benzene rings is 1. The lowest BCUT2D eigenvalue weighted by Crippen LogP contribution is -2.33. The van der Waals surface area contributed by atoms with Crippen molar-refractivity contribution >= 4 is 17.2 Å². The fraction of sp³-hybridized carbons (Fsp3) is 0.500. The van der Waals surface area contributed by atoms with E-state index in [-0.39, 0.29) is 10.8 Å². The first-order valence-electron chi connectivity index (χ1n) is 6.12. The molecule has 0 saturated carbocycles. The number of nitrogens with two attached hydrogens (primary N) is 1. The molecular formula is C14H21FN2S. The summed E-state index contributed by atoms with van der Waals surface area (Å²) in [5, 5.41) is 0. The van der Waals surface area contributed by atoms with Crippen LogP contribution in [-0.2, 0) is 6.54 Å². The molecule has 0 fully saturated rings. The topological polar surface area (TPSA) is 29.3 Å². The molecule has 4 heteroatoms. The van der Waals surface area contributed by atoms with Crippen molar-refractivity contribution in [3.05, 3.63) is 35.1 Å². The van der Waals surface area contributed by atoms with Crippen LogP contribution in [0, 0.1) is 11.7 Å². The molecule has 1 unspecified atom stereocenters. The van der Waals surface area contributed by atoms with E-state index in [1.807, 2.05) is 7.05 Å². The van der Waals surface area contributed by atoms with Crippen LogP contribution >= 0.6 is 12.2 Å². The average Bonchev–Trinajstić information content (AvgIpc) is 2.30. The Balaban J connectivity index is 2.92. The van der Waals surface area contributed by atoms with Gasteiger partial charge >= 0.3 is 0 Å². The predicted molar refractivity (Wildman–Crippen MR) is 78.1 cm³/mol. The Morgan fingerprint density at radius 1 is 1.39 bits per heavy atom. The molecule has 0 aliphatic carbocycles. The zero-order valence-corrected chi connectivity index (χ0v) is 12.2. The number of hydrogen-bond donors (Lipinski definition) is 1. The van der Waals surface area contributed by atoms with E-state index in [2.05, 4.69) is 25.7 Å². The van der Waals surface area contributed by atoms with E-state index in [1.54, 1.807) is 18.2 Å². The highest BCUT2D eigenvalue weighted by Crippen LogP contribution is 2.17. The van der Waals surface area contributed by atoms with Crippen molar-refractivity contribution in [2.75, 3.05) is 7.05 Å². The highest BCUT2D eigenvalue weighted by molar-refractivity contribution is 7.80. The van der Waals surface area contributed by atoms with Gasteiger partial charge in [0.2, 0.25) is 0 Å². The number of hydrogen-bond acceptors (Lipinski definition) is 2. The third-order valence-corrected chi connectivity index (χ3v) is 3.64. The molecular weight excluding hydrogens is 247 g/mol. The van der Waals surface area contributed by atoms with Gasteiger partial charge in [0, 0.05) is 23.7 Å². The molecule has 18 heavy (non-hydrogen) atoms. The molecule has 0 aliphatic heterocycles. The molecule has 0 heterocycles. The monoisotopic (exact) mass is 268 g/mol. The molecule has 0 aromatic heterocycles. The van der Waals surface area contributed by atoms with Crippen LogP contribution in [0.25, 0.3) is 0 Å². The maximum absolute atomic E-state index is 14.2. The van der Waals surface area contributed by atoms with E-state index in [9.17, 15) is 4.39 Å². The molecule has 1 aromatic rings. The Labute approximate surface area is 114 Å². The molecule has 1 aromatic carbocycles. The minimum atomic E-state index is -0.298. The van der Waals surface area contributed by atoms with Crippen LogP contribution in [0.2, 0.25) is 0 Å². The van der Waals surface area contributed by atoms with Crippen molar-refractivity contribution in [2.24, 2.45) is 11.7 Å². The van der Waals surface area contributed by atoms with Gasteiger partial charge in [-0.3, -0.25) is 4.90 Å². The molecule has 2 nitrogen and oxygen atoms in total. The standard InChI is InChI=1S/C14H21FN2S/c1-9(2)10(3)17(4)8-11-6-5-7-12(13(11)15)14(16)18/h5-7,9-10H,8H2,1-4H3,(H2,16,18). The SMILES string of the molecule is CC(C)C(C)N(C)Cc1cccc(C(N)=S)c1F. The lowest BCUT2D eigenvalue weighted by Gasteiger charge is -2.28. The van der Waals surface area contributed by atoms with Crippen molar-refractivity contribution in [1.82, 2.24) is 4.90 Å². The molecule has 0 amide bonds. The normalized spacial score (nSPS) is 13.1. The van der Waals surface area contributed by atoms with Crippen LogP contribution in [0.5, 0.6) is 0 Å². The van der Waals surface area contributed by atoms with Gasteiger partial charge in [-0.15, -0.1) is 0 Å². The summed E-state index contributed by atoms with van der Waals surface area (Å²) in [5.74, 6) is 0.227. The molecule has 1 rings (SSSR count). The highest BCUT2D eigenvalue weighted by Gasteiger charge is 2.16. The Morgan fingerprint density at radius 3 is 2.50 bits per heavy atom. The van der Waals surface area contributed by atoms with Crippen molar-refractivity contribution in [2.45, 2.75) is 33.4 Å². The van der Waals surface area contributed by atoms with E-state index in [0.29, 0.717) is 29.6 Å². The smallest absolute Gasteiger partial charge is 0.137 e. The molecule has 0 radical (unpaired) electrons. The number of rotatable bonds is 5. The van der Waals surface area contributed by atoms with Gasteiger partial charge in [-0.05, 0) is 26.0 Å². The van der Waals surface area contributed by atoms with Crippen molar-refractivity contribution in [1.29, 1.82) is 0 Å². The minimum Gasteiger partial charge on any atom is -0.389 e. The van der Waals surface area contributed by atoms with Crippen molar-refractivity contribution < 1.29 is 4.39 Å². The summed E-state index contributed by atoms with van der Waals surface area (Å²) < 4.78 is 14.2. The van der Waals surface area contributed by atoms with Gasteiger partial charge in [0.1, 0.15) is 10.8 Å². The van der Waals surface area contributed by atoms with Gasteiger partial charge in [0.25, 0.3) is 0 Å². The first-order valence-corrected chi connectivity index (χ1v) is 6.52. The third kappa shape index (κ3) is 3.50. The molecule has 1 atom stereocenters. The summed E-state index contributed by atoms with van der Waals surface area (Å²) in [6.07, 6.45) is 0. The van der Waals surface area contributed by atoms with Crippen LogP contribution in [0.15, 0.2) is 18.2 Å². The second-order valence-corrected chi connectivity index (χ2v) is 5.48. The Morgan fingerprint density at radius 2 is 2.00 bits per heavy atom. The Bertz CT molecular complexity index is 432. The summed E-state index contributed by atoms with van der Waals surface area (Å²) >= 11 is 4.84. The maximum Gasteiger partial charge on any atom is 0.137 e. The van der Waals surface area contributed by atoms with Crippen LogP contribution in [-0.4, -0.2) is 23.0 Å². The van der Waals surface area contributed by atoms with Crippen LogP contribution in [0.3, 0.4) is 0 Å². The third-order valence-electron chi connectivity index (χ3n) is 3.42. The van der Waals surface area contributed by atoms with Crippen molar-refractivity contribution in [3.63, 3.8) is 0 Å². The first-order chi connectivity index (χ1) is 8.34. The van der Waals surface area contributed by atoms with Crippen molar-refractivity contribution in [3.8, 4) is 0 Å². The summed E-state index contributed by atoms with van der Waals surface area (Å²) in [6, 6.07) is 5.58. The summed E-state index contributed by atoms with van der Waals surface area (Å²) in [4.78, 5) is 2.24. The van der Waals surface area contributed by atoms with E-state index in [0.717, 1.165) is 0 Å². The van der Waals surface area contributed by atoms with Gasteiger partial charge in [-0.2, -0.15) is 0 Å². The van der Waals surface area contributed by atoms with E-state index in [4.69, 9.17) is 18.0 Å². The van der Waals surface area contributed by atoms with E-state index >= 15 is 0 Å². The average molecular weight is 268 g/mol. The van der Waals surface area contributed by atoms with Gasteiger partial charge in [0.05, 0.1) is 0 Å². The van der Waals surface area contributed by atoms with Gasteiger partial charge in [-0.25, -0.2) is 4.39 Å². The maximum atomic E-state index is 14.2. The van der Waals surface area contributed by atoms with Gasteiger partial charge in [-0.1, -0.05) is 38.2 Å². The Hall–Kier alpha value is -1.00. The first kappa shape index (κ1) is 15.1. The molecule has 0 bridgehead atoms. The molecule has 2 N–H and O–H groups in total. The zero-order chi connectivity index (χ0) is 13.9. The largest absolute Gasteiger partial charge is 0.389 e. The molecule has 0 aliphatic rings. The predicted octanol–water partition coefficient (Wildman–Crippen LogP) is 2.94. The fourth-order valence-corrected chi connectivity index (χ4v) is 1.97. The number of halogens is 1. The zero-order valence-electron chi connectivity index (χ0n) is 11.4.